The van der Waals surface area contributed by atoms with Crippen LogP contribution in [-0.2, 0) is 0 Å². The topological polar surface area (TPSA) is 88.8 Å². The van der Waals surface area contributed by atoms with Gasteiger partial charge < -0.3 is 4.52 Å². The summed E-state index contributed by atoms with van der Waals surface area (Å²) in [5.74, 6) is 5.72. The molecule has 6 heteroatoms. The fraction of sp³-hybridized carbons (Fsp3) is 0.0625. The summed E-state index contributed by atoms with van der Waals surface area (Å²) < 4.78 is 5.17. The first-order chi connectivity index (χ1) is 10.8. The highest BCUT2D eigenvalue weighted by atomic mass is 16.5. The van der Waals surface area contributed by atoms with E-state index in [1.807, 2.05) is 61.5 Å². The number of nitrogens with zero attached hydrogens (tertiary/aromatic N) is 3. The van der Waals surface area contributed by atoms with E-state index in [1.165, 1.54) is 5.56 Å². The molecule has 22 heavy (non-hydrogen) atoms. The van der Waals surface area contributed by atoms with Crippen LogP contribution in [0.15, 0.2) is 69.3 Å². The zero-order valence-electron chi connectivity index (χ0n) is 12.0. The quantitative estimate of drug-likeness (QED) is 0.425. The van der Waals surface area contributed by atoms with Crippen molar-refractivity contribution >= 4 is 17.3 Å². The summed E-state index contributed by atoms with van der Waals surface area (Å²) >= 11 is 0. The van der Waals surface area contributed by atoms with Gasteiger partial charge in [0.2, 0.25) is 0 Å². The molecule has 1 aromatic heterocycles. The van der Waals surface area contributed by atoms with Crippen molar-refractivity contribution < 1.29 is 4.52 Å². The van der Waals surface area contributed by atoms with E-state index in [9.17, 15) is 0 Å². The minimum atomic E-state index is 0.273. The lowest BCUT2D eigenvalue weighted by Crippen LogP contribution is -2.05. The highest BCUT2D eigenvalue weighted by molar-refractivity contribution is 5.78. The van der Waals surface area contributed by atoms with Crippen LogP contribution in [0.1, 0.15) is 5.56 Å². The molecule has 0 bridgehead atoms. The molecule has 0 spiro atoms. The van der Waals surface area contributed by atoms with Gasteiger partial charge >= 0.3 is 0 Å². The Morgan fingerprint density at radius 2 is 1.73 bits per heavy atom. The number of hydrogen-bond acceptors (Lipinski definition) is 6. The molecule has 0 aliphatic heterocycles. The minimum Gasteiger partial charge on any atom is -0.334 e. The van der Waals surface area contributed by atoms with Gasteiger partial charge in [-0.2, -0.15) is 5.11 Å². The van der Waals surface area contributed by atoms with Crippen molar-refractivity contribution in [2.24, 2.45) is 16.1 Å². The van der Waals surface area contributed by atoms with Crippen molar-refractivity contribution in [1.82, 2.24) is 5.16 Å². The summed E-state index contributed by atoms with van der Waals surface area (Å²) in [6, 6.07) is 17.3. The molecule has 3 rings (SSSR count). The lowest BCUT2D eigenvalue weighted by Gasteiger charge is -1.98. The van der Waals surface area contributed by atoms with E-state index in [2.05, 4.69) is 20.8 Å². The van der Waals surface area contributed by atoms with E-state index in [1.54, 1.807) is 0 Å². The maximum Gasteiger partial charge on any atom is 0.267 e. The Balaban J connectivity index is 1.98. The number of aromatic nitrogens is 1. The molecule has 0 saturated carbocycles. The third-order valence-corrected chi connectivity index (χ3v) is 3.15. The number of azo groups is 1. The predicted octanol–water partition coefficient (Wildman–Crippen LogP) is 4.35. The smallest absolute Gasteiger partial charge is 0.267 e. The van der Waals surface area contributed by atoms with E-state index in [0.29, 0.717) is 11.4 Å². The van der Waals surface area contributed by atoms with Crippen LogP contribution in [0.2, 0.25) is 0 Å². The van der Waals surface area contributed by atoms with E-state index in [4.69, 9.17) is 10.4 Å². The molecule has 0 fully saturated rings. The van der Waals surface area contributed by atoms with Gasteiger partial charge in [-0.25, -0.2) is 5.84 Å². The molecule has 3 aromatic rings. The lowest BCUT2D eigenvalue weighted by atomic mass is 10.1. The third-order valence-electron chi connectivity index (χ3n) is 3.15. The lowest BCUT2D eigenvalue weighted by molar-refractivity contribution is 0.435. The molecular weight excluding hydrogens is 278 g/mol. The average molecular weight is 293 g/mol. The molecule has 0 unspecified atom stereocenters. The summed E-state index contributed by atoms with van der Waals surface area (Å²) in [6.07, 6.45) is 0. The largest absolute Gasteiger partial charge is 0.334 e. The zero-order valence-corrected chi connectivity index (χ0v) is 12.0. The molecule has 1 heterocycles. The van der Waals surface area contributed by atoms with Crippen LogP contribution >= 0.6 is 0 Å². The van der Waals surface area contributed by atoms with Crippen molar-refractivity contribution in [3.8, 4) is 11.3 Å². The highest BCUT2D eigenvalue weighted by Gasteiger charge is 2.16. The van der Waals surface area contributed by atoms with Crippen LogP contribution in [0.25, 0.3) is 11.3 Å². The van der Waals surface area contributed by atoms with Crippen LogP contribution in [0.5, 0.6) is 0 Å². The first-order valence-electron chi connectivity index (χ1n) is 6.78. The molecule has 3 N–H and O–H groups in total. The fourth-order valence-electron chi connectivity index (χ4n) is 1.98. The van der Waals surface area contributed by atoms with Crippen molar-refractivity contribution in [3.05, 3.63) is 60.2 Å². The van der Waals surface area contributed by atoms with Crippen molar-refractivity contribution in [2.75, 3.05) is 5.43 Å². The zero-order chi connectivity index (χ0) is 15.4. The molecule has 2 aromatic carbocycles. The summed E-state index contributed by atoms with van der Waals surface area (Å²) in [7, 11) is 0. The van der Waals surface area contributed by atoms with E-state index in [0.717, 1.165) is 11.3 Å². The number of rotatable bonds is 4. The van der Waals surface area contributed by atoms with Gasteiger partial charge in [0, 0.05) is 5.56 Å². The standard InChI is InChI=1S/C16H15N5O/c1-11-7-9-13(10-8-11)19-20-15-14(21-22-16(15)18-17)12-5-3-2-4-6-12/h2-10,18H,17H2,1H3. The Bertz CT molecular complexity index is 778. The number of aryl methyl sites for hydroxylation is 1. The van der Waals surface area contributed by atoms with Gasteiger partial charge in [-0.1, -0.05) is 53.2 Å². The maximum atomic E-state index is 5.45. The molecule has 0 amide bonds. The summed E-state index contributed by atoms with van der Waals surface area (Å²) in [6.45, 7) is 2.02. The Kier molecular flexibility index (Phi) is 3.93. The van der Waals surface area contributed by atoms with Gasteiger partial charge in [-0.3, -0.25) is 5.43 Å². The van der Waals surface area contributed by atoms with Crippen LogP contribution < -0.4 is 11.3 Å². The molecule has 110 valence electrons. The van der Waals surface area contributed by atoms with E-state index in [-0.39, 0.29) is 5.88 Å². The second-order valence-electron chi connectivity index (χ2n) is 4.75. The Labute approximate surface area is 127 Å². The number of anilines is 1. The predicted molar refractivity (Wildman–Crippen MR) is 85.1 cm³/mol. The van der Waals surface area contributed by atoms with Gasteiger partial charge in [0.25, 0.3) is 5.88 Å². The molecule has 0 aliphatic rings. The summed E-state index contributed by atoms with van der Waals surface area (Å²) in [4.78, 5) is 0. The molecule has 0 atom stereocenters. The van der Waals surface area contributed by atoms with Gasteiger partial charge in [0.1, 0.15) is 5.69 Å². The Hall–Kier alpha value is -2.99. The number of hydrazine groups is 1. The number of benzene rings is 2. The number of nitrogens with two attached hydrogens (primary N) is 1. The van der Waals surface area contributed by atoms with Crippen molar-refractivity contribution in [1.29, 1.82) is 0 Å². The number of nitrogens with one attached hydrogen (secondary N) is 1. The van der Waals surface area contributed by atoms with Crippen LogP contribution in [0, 0.1) is 6.92 Å². The first kappa shape index (κ1) is 14.0. The second-order valence-corrected chi connectivity index (χ2v) is 4.75. The SMILES string of the molecule is Cc1ccc(N=Nc2c(-c3ccccc3)noc2NN)cc1. The Morgan fingerprint density at radius 3 is 2.41 bits per heavy atom. The number of hydrogen-bond donors (Lipinski definition) is 2. The highest BCUT2D eigenvalue weighted by Crippen LogP contribution is 2.36. The minimum absolute atomic E-state index is 0.273. The molecule has 0 saturated heterocycles. The average Bonchev–Trinajstić information content (AvgIpc) is 2.98. The monoisotopic (exact) mass is 293 g/mol. The van der Waals surface area contributed by atoms with Gasteiger partial charge in [0.05, 0.1) is 5.69 Å². The Morgan fingerprint density at radius 1 is 1.00 bits per heavy atom. The maximum absolute atomic E-state index is 5.45. The second kappa shape index (κ2) is 6.19. The molecule has 6 nitrogen and oxygen atoms in total. The molecular formula is C16H15N5O. The van der Waals surface area contributed by atoms with Crippen LogP contribution in [-0.4, -0.2) is 5.16 Å². The van der Waals surface area contributed by atoms with E-state index < -0.39 is 0 Å². The summed E-state index contributed by atoms with van der Waals surface area (Å²) in [5.41, 5.74) is 6.29. The third kappa shape index (κ3) is 2.87. The van der Waals surface area contributed by atoms with Gasteiger partial charge in [-0.15, -0.1) is 5.11 Å². The van der Waals surface area contributed by atoms with Crippen LogP contribution in [0.4, 0.5) is 17.3 Å². The van der Waals surface area contributed by atoms with Gasteiger partial charge in [-0.05, 0) is 19.1 Å². The number of nitrogen functional groups attached to an aromatic ring is 1. The molecule has 0 aliphatic carbocycles. The van der Waals surface area contributed by atoms with Gasteiger partial charge in [0.15, 0.2) is 5.69 Å². The normalized spacial score (nSPS) is 11.0. The van der Waals surface area contributed by atoms with E-state index >= 15 is 0 Å². The van der Waals surface area contributed by atoms with Crippen LogP contribution in [0.3, 0.4) is 0 Å². The fourth-order valence-corrected chi connectivity index (χ4v) is 1.98. The first-order valence-corrected chi connectivity index (χ1v) is 6.78. The van der Waals surface area contributed by atoms with Crippen molar-refractivity contribution in [3.63, 3.8) is 0 Å². The summed E-state index contributed by atoms with van der Waals surface area (Å²) in [5, 5.41) is 12.5. The van der Waals surface area contributed by atoms with Crippen molar-refractivity contribution in [2.45, 2.75) is 6.92 Å². The molecule has 0 radical (unpaired) electrons.